The number of phenolic OH excluding ortho intramolecular Hbond substituents is 1. The van der Waals surface area contributed by atoms with E-state index in [1.54, 1.807) is 19.2 Å². The first-order valence-corrected chi connectivity index (χ1v) is 16.4. The average molecular weight is 625 g/mol. The van der Waals surface area contributed by atoms with Crippen molar-refractivity contribution in [3.05, 3.63) is 59.2 Å². The van der Waals surface area contributed by atoms with Crippen LogP contribution in [0.2, 0.25) is 0 Å². The van der Waals surface area contributed by atoms with Crippen molar-refractivity contribution in [1.82, 2.24) is 20.9 Å². The van der Waals surface area contributed by atoms with Gasteiger partial charge < -0.3 is 35.8 Å². The van der Waals surface area contributed by atoms with Crippen molar-refractivity contribution in [2.75, 3.05) is 33.3 Å². The number of aryl methyl sites for hydroxylation is 3. The van der Waals surface area contributed by atoms with Crippen molar-refractivity contribution in [3.63, 3.8) is 0 Å². The van der Waals surface area contributed by atoms with E-state index in [0.29, 0.717) is 25.4 Å². The standard InChI is InChI=1S/C28H44N4O5.C7H8O/c1-3-30-27(35)24(18-33)32(2)28(36)25(20-9-5-4-6-10-20)31-17-23-15-14-22-12-7-11-21(26(22)37-23)13-8-16-29-19-34;1-6-2-4-7(8)5-3-6/h7,11-12,19-20,23-25,31,33H,3-6,8-10,13-18H2,1-2H3,(H,29,34)(H,30,35);2-5,8H,1H3. The van der Waals surface area contributed by atoms with E-state index in [4.69, 9.17) is 9.84 Å². The average Bonchev–Trinajstić information content (AvgIpc) is 3.05. The molecule has 3 unspecified atom stereocenters. The summed E-state index contributed by atoms with van der Waals surface area (Å²) in [4.78, 5) is 38.0. The van der Waals surface area contributed by atoms with Gasteiger partial charge in [0.05, 0.1) is 12.6 Å². The van der Waals surface area contributed by atoms with Crippen molar-refractivity contribution in [2.45, 2.75) is 89.8 Å². The van der Waals surface area contributed by atoms with Crippen LogP contribution in [-0.4, -0.2) is 84.8 Å². The molecule has 0 bridgehead atoms. The number of para-hydroxylation sites is 1. The van der Waals surface area contributed by atoms with Crippen LogP contribution < -0.4 is 20.7 Å². The van der Waals surface area contributed by atoms with Gasteiger partial charge in [0.15, 0.2) is 0 Å². The number of likely N-dealkylation sites (N-methyl/N-ethyl adjacent to an activating group) is 2. The Balaban J connectivity index is 0.000000598. The van der Waals surface area contributed by atoms with E-state index in [1.165, 1.54) is 22.4 Å². The van der Waals surface area contributed by atoms with E-state index < -0.39 is 18.7 Å². The molecule has 248 valence electrons. The van der Waals surface area contributed by atoms with Gasteiger partial charge in [0.2, 0.25) is 18.2 Å². The quantitative estimate of drug-likeness (QED) is 0.161. The molecule has 2 aromatic rings. The van der Waals surface area contributed by atoms with Gasteiger partial charge in [-0.3, -0.25) is 14.4 Å². The summed E-state index contributed by atoms with van der Waals surface area (Å²) in [5.74, 6) is 0.952. The fourth-order valence-corrected chi connectivity index (χ4v) is 6.08. The Morgan fingerprint density at radius 1 is 1.09 bits per heavy atom. The molecule has 0 spiro atoms. The number of carbonyl (C=O) groups is 3. The number of rotatable bonds is 14. The summed E-state index contributed by atoms with van der Waals surface area (Å²) >= 11 is 0. The van der Waals surface area contributed by atoms with Crippen molar-refractivity contribution in [2.24, 2.45) is 5.92 Å². The summed E-state index contributed by atoms with van der Waals surface area (Å²) in [6.45, 7) is 4.99. The van der Waals surface area contributed by atoms with Crippen LogP contribution in [-0.2, 0) is 27.2 Å². The Morgan fingerprint density at radius 3 is 2.47 bits per heavy atom. The van der Waals surface area contributed by atoms with E-state index in [0.717, 1.165) is 69.1 Å². The molecule has 0 aromatic heterocycles. The molecule has 1 saturated carbocycles. The monoisotopic (exact) mass is 624 g/mol. The lowest BCUT2D eigenvalue weighted by Gasteiger charge is -2.36. The predicted molar refractivity (Wildman–Crippen MR) is 175 cm³/mol. The van der Waals surface area contributed by atoms with Gasteiger partial charge in [-0.05, 0) is 81.5 Å². The van der Waals surface area contributed by atoms with Crippen LogP contribution >= 0.6 is 0 Å². The van der Waals surface area contributed by atoms with Crippen molar-refractivity contribution < 1.29 is 29.3 Å². The van der Waals surface area contributed by atoms with E-state index >= 15 is 0 Å². The molecular weight excluding hydrogens is 572 g/mol. The van der Waals surface area contributed by atoms with Crippen LogP contribution in [0.4, 0.5) is 0 Å². The molecule has 5 N–H and O–H groups in total. The molecule has 1 fully saturated rings. The maximum Gasteiger partial charge on any atom is 0.245 e. The third-order valence-corrected chi connectivity index (χ3v) is 8.68. The number of aliphatic hydroxyl groups is 1. The molecule has 3 atom stereocenters. The van der Waals surface area contributed by atoms with Gasteiger partial charge in [-0.15, -0.1) is 0 Å². The second-order valence-corrected chi connectivity index (χ2v) is 12.0. The molecule has 1 aliphatic heterocycles. The molecule has 10 nitrogen and oxygen atoms in total. The smallest absolute Gasteiger partial charge is 0.245 e. The molecule has 2 aliphatic rings. The van der Waals surface area contributed by atoms with Gasteiger partial charge in [0.25, 0.3) is 0 Å². The van der Waals surface area contributed by atoms with Gasteiger partial charge >= 0.3 is 0 Å². The zero-order valence-electron chi connectivity index (χ0n) is 27.1. The number of nitrogens with one attached hydrogen (secondary N) is 3. The third-order valence-electron chi connectivity index (χ3n) is 8.68. The first kappa shape index (κ1) is 35.8. The number of amides is 3. The summed E-state index contributed by atoms with van der Waals surface area (Å²) in [6.07, 6.45) is 9.38. The first-order valence-electron chi connectivity index (χ1n) is 16.4. The Bertz CT molecular complexity index is 1180. The number of aliphatic hydroxyl groups excluding tert-OH is 1. The topological polar surface area (TPSA) is 140 Å². The zero-order valence-corrected chi connectivity index (χ0v) is 27.1. The zero-order chi connectivity index (χ0) is 32.6. The SMILES string of the molecule is CCNC(=O)C(CO)N(C)C(=O)C(NCC1CCc2cccc(CCCNC=O)c2O1)C1CCCCC1.Cc1ccc(O)cc1. The fourth-order valence-electron chi connectivity index (χ4n) is 6.08. The highest BCUT2D eigenvalue weighted by Gasteiger charge is 2.36. The molecule has 3 amide bonds. The van der Waals surface area contributed by atoms with E-state index in [2.05, 4.69) is 34.1 Å². The minimum atomic E-state index is -0.908. The van der Waals surface area contributed by atoms with Crippen LogP contribution in [0.1, 0.15) is 68.6 Å². The van der Waals surface area contributed by atoms with Gasteiger partial charge in [-0.25, -0.2) is 0 Å². The number of hydrogen-bond acceptors (Lipinski definition) is 7. The number of ether oxygens (including phenoxy) is 1. The van der Waals surface area contributed by atoms with Crippen LogP contribution in [0.25, 0.3) is 0 Å². The Morgan fingerprint density at radius 2 is 1.82 bits per heavy atom. The molecule has 0 saturated heterocycles. The Hall–Kier alpha value is -3.63. The minimum absolute atomic E-state index is 0.0667. The van der Waals surface area contributed by atoms with Crippen LogP contribution in [0.5, 0.6) is 11.5 Å². The number of phenols is 1. The summed E-state index contributed by atoms with van der Waals surface area (Å²) in [5, 5.41) is 27.6. The molecule has 0 radical (unpaired) electrons. The molecule has 1 heterocycles. The number of nitrogens with zero attached hydrogens (tertiary/aromatic N) is 1. The predicted octanol–water partition coefficient (Wildman–Crippen LogP) is 3.25. The molecular formula is C35H52N4O6. The lowest BCUT2D eigenvalue weighted by Crippen LogP contribution is -2.57. The highest BCUT2D eigenvalue weighted by atomic mass is 16.5. The number of aromatic hydroxyl groups is 1. The number of carbonyl (C=O) groups excluding carboxylic acids is 3. The maximum absolute atomic E-state index is 13.6. The van der Waals surface area contributed by atoms with Gasteiger partial charge in [-0.1, -0.05) is 55.2 Å². The van der Waals surface area contributed by atoms with Gasteiger partial charge in [-0.2, -0.15) is 0 Å². The largest absolute Gasteiger partial charge is 0.508 e. The molecule has 10 heteroatoms. The van der Waals surface area contributed by atoms with E-state index in [1.807, 2.05) is 26.0 Å². The minimum Gasteiger partial charge on any atom is -0.508 e. The van der Waals surface area contributed by atoms with Crippen molar-refractivity contribution in [1.29, 1.82) is 0 Å². The summed E-state index contributed by atoms with van der Waals surface area (Å²) in [7, 11) is 1.61. The van der Waals surface area contributed by atoms with E-state index in [9.17, 15) is 19.5 Å². The normalized spacial score (nSPS) is 17.4. The summed E-state index contributed by atoms with van der Waals surface area (Å²) in [5.41, 5.74) is 3.51. The number of benzene rings is 2. The maximum atomic E-state index is 13.6. The third kappa shape index (κ3) is 11.0. The van der Waals surface area contributed by atoms with Gasteiger partial charge in [0.1, 0.15) is 23.6 Å². The fraction of sp³-hybridized carbons (Fsp3) is 0.571. The Kier molecular flexibility index (Phi) is 15.1. The highest BCUT2D eigenvalue weighted by molar-refractivity contribution is 5.90. The number of hydrogen-bond donors (Lipinski definition) is 5. The van der Waals surface area contributed by atoms with Crippen LogP contribution in [0.3, 0.4) is 0 Å². The van der Waals surface area contributed by atoms with Gasteiger partial charge in [0, 0.05) is 26.7 Å². The van der Waals surface area contributed by atoms with Crippen molar-refractivity contribution in [3.8, 4) is 11.5 Å². The lowest BCUT2D eigenvalue weighted by molar-refractivity contribution is -0.143. The molecule has 1 aliphatic carbocycles. The van der Waals surface area contributed by atoms with Crippen LogP contribution in [0, 0.1) is 12.8 Å². The van der Waals surface area contributed by atoms with Crippen LogP contribution in [0.15, 0.2) is 42.5 Å². The lowest BCUT2D eigenvalue weighted by atomic mass is 9.83. The summed E-state index contributed by atoms with van der Waals surface area (Å²) in [6, 6.07) is 12.0. The molecule has 2 aromatic carbocycles. The van der Waals surface area contributed by atoms with Crippen molar-refractivity contribution >= 4 is 18.2 Å². The van der Waals surface area contributed by atoms with E-state index in [-0.39, 0.29) is 23.8 Å². The highest BCUT2D eigenvalue weighted by Crippen LogP contribution is 2.33. The molecule has 4 rings (SSSR count). The number of fused-ring (bicyclic) bond motifs is 1. The summed E-state index contributed by atoms with van der Waals surface area (Å²) < 4.78 is 6.46. The second-order valence-electron chi connectivity index (χ2n) is 12.0. The second kappa shape index (κ2) is 19.0. The Labute approximate surface area is 267 Å². The first-order chi connectivity index (χ1) is 21.8. The molecule has 45 heavy (non-hydrogen) atoms.